The summed E-state index contributed by atoms with van der Waals surface area (Å²) < 4.78 is 6.24. The number of anilines is 1. The van der Waals surface area contributed by atoms with Gasteiger partial charge in [0.2, 0.25) is 0 Å². The molecule has 0 saturated heterocycles. The summed E-state index contributed by atoms with van der Waals surface area (Å²) in [4.78, 5) is 0. The van der Waals surface area contributed by atoms with Crippen LogP contribution in [0.4, 0.5) is 5.69 Å². The van der Waals surface area contributed by atoms with Crippen LogP contribution in [0.3, 0.4) is 0 Å². The van der Waals surface area contributed by atoms with Gasteiger partial charge in [-0.1, -0.05) is 29.8 Å². The Morgan fingerprint density at radius 1 is 1.47 bits per heavy atom. The fraction of sp³-hybridized carbons (Fsp3) is 0.538. The highest BCUT2D eigenvalue weighted by atomic mass is 79.9. The minimum atomic E-state index is -0.743. The summed E-state index contributed by atoms with van der Waals surface area (Å²) in [5, 5.41) is 13.4. The number of aliphatic hydroxyl groups is 1. The van der Waals surface area contributed by atoms with Crippen molar-refractivity contribution in [1.29, 1.82) is 0 Å². The SMILES string of the molecule is COc1ccc(Br)cc1NCC(C)(O)C(C)C. The highest BCUT2D eigenvalue weighted by Gasteiger charge is 2.24. The van der Waals surface area contributed by atoms with Gasteiger partial charge < -0.3 is 15.2 Å². The maximum Gasteiger partial charge on any atom is 0.142 e. The summed E-state index contributed by atoms with van der Waals surface area (Å²) in [7, 11) is 1.63. The average molecular weight is 302 g/mol. The van der Waals surface area contributed by atoms with E-state index in [0.29, 0.717) is 6.54 Å². The van der Waals surface area contributed by atoms with E-state index in [1.54, 1.807) is 7.11 Å². The Kier molecular flexibility index (Phi) is 4.83. The van der Waals surface area contributed by atoms with E-state index in [1.807, 2.05) is 39.0 Å². The van der Waals surface area contributed by atoms with Gasteiger partial charge in [-0.05, 0) is 31.0 Å². The lowest BCUT2D eigenvalue weighted by molar-refractivity contribution is 0.0266. The van der Waals surface area contributed by atoms with Crippen molar-refractivity contribution < 1.29 is 9.84 Å². The molecule has 4 heteroatoms. The van der Waals surface area contributed by atoms with Crippen molar-refractivity contribution in [1.82, 2.24) is 0 Å². The number of rotatable bonds is 5. The lowest BCUT2D eigenvalue weighted by Crippen LogP contribution is -2.38. The van der Waals surface area contributed by atoms with Gasteiger partial charge in [0.1, 0.15) is 5.75 Å². The third-order valence-corrected chi connectivity index (χ3v) is 3.54. The van der Waals surface area contributed by atoms with Crippen LogP contribution in [0.25, 0.3) is 0 Å². The number of benzene rings is 1. The normalized spacial score (nSPS) is 14.5. The van der Waals surface area contributed by atoms with Crippen LogP contribution < -0.4 is 10.1 Å². The van der Waals surface area contributed by atoms with Gasteiger partial charge in [-0.2, -0.15) is 0 Å². The molecule has 0 spiro atoms. The number of methoxy groups -OCH3 is 1. The van der Waals surface area contributed by atoms with E-state index in [9.17, 15) is 5.11 Å². The zero-order valence-corrected chi connectivity index (χ0v) is 12.3. The maximum absolute atomic E-state index is 10.2. The van der Waals surface area contributed by atoms with Gasteiger partial charge >= 0.3 is 0 Å². The standard InChI is InChI=1S/C13H20BrNO2/c1-9(2)13(3,16)8-15-11-7-10(14)5-6-12(11)17-4/h5-7,9,15-16H,8H2,1-4H3. The van der Waals surface area contributed by atoms with Crippen LogP contribution in [-0.2, 0) is 0 Å². The highest BCUT2D eigenvalue weighted by molar-refractivity contribution is 9.10. The van der Waals surface area contributed by atoms with Crippen molar-refractivity contribution in [3.8, 4) is 5.75 Å². The molecule has 0 heterocycles. The minimum Gasteiger partial charge on any atom is -0.495 e. The first-order valence-corrected chi connectivity index (χ1v) is 6.46. The third-order valence-electron chi connectivity index (χ3n) is 3.04. The van der Waals surface area contributed by atoms with E-state index in [2.05, 4.69) is 21.2 Å². The van der Waals surface area contributed by atoms with Gasteiger partial charge in [0.05, 0.1) is 18.4 Å². The van der Waals surface area contributed by atoms with Crippen molar-refractivity contribution in [3.63, 3.8) is 0 Å². The molecule has 1 rings (SSSR count). The van der Waals surface area contributed by atoms with Crippen molar-refractivity contribution in [3.05, 3.63) is 22.7 Å². The molecule has 3 nitrogen and oxygen atoms in total. The molecule has 0 bridgehead atoms. The first kappa shape index (κ1) is 14.3. The van der Waals surface area contributed by atoms with Crippen LogP contribution in [0.15, 0.2) is 22.7 Å². The van der Waals surface area contributed by atoms with Gasteiger partial charge in [0, 0.05) is 11.0 Å². The predicted octanol–water partition coefficient (Wildman–Crippen LogP) is 3.28. The third kappa shape index (κ3) is 3.89. The van der Waals surface area contributed by atoms with Gasteiger partial charge in [-0.3, -0.25) is 0 Å². The molecule has 0 aliphatic rings. The molecule has 17 heavy (non-hydrogen) atoms. The molecule has 0 radical (unpaired) electrons. The molecule has 0 fully saturated rings. The van der Waals surface area contributed by atoms with Crippen molar-refractivity contribution in [2.24, 2.45) is 5.92 Å². The number of ether oxygens (including phenoxy) is 1. The molecule has 1 aromatic rings. The molecule has 1 atom stereocenters. The first-order valence-electron chi connectivity index (χ1n) is 5.66. The molecule has 0 amide bonds. The Hall–Kier alpha value is -0.740. The number of halogens is 1. The summed E-state index contributed by atoms with van der Waals surface area (Å²) in [6.45, 7) is 6.31. The van der Waals surface area contributed by atoms with E-state index in [-0.39, 0.29) is 5.92 Å². The molecule has 0 aliphatic heterocycles. The fourth-order valence-electron chi connectivity index (χ4n) is 1.30. The molecule has 0 aliphatic carbocycles. The van der Waals surface area contributed by atoms with Crippen molar-refractivity contribution >= 4 is 21.6 Å². The Bertz CT molecular complexity index is 378. The van der Waals surface area contributed by atoms with E-state index in [0.717, 1.165) is 15.9 Å². The van der Waals surface area contributed by atoms with Crippen LogP contribution in [0.5, 0.6) is 5.75 Å². The van der Waals surface area contributed by atoms with E-state index >= 15 is 0 Å². The van der Waals surface area contributed by atoms with E-state index < -0.39 is 5.60 Å². The topological polar surface area (TPSA) is 41.5 Å². The Morgan fingerprint density at radius 3 is 2.65 bits per heavy atom. The Balaban J connectivity index is 2.78. The van der Waals surface area contributed by atoms with Crippen LogP contribution in [0.2, 0.25) is 0 Å². The molecule has 0 aromatic heterocycles. The zero-order valence-electron chi connectivity index (χ0n) is 10.7. The number of hydrogen-bond donors (Lipinski definition) is 2. The van der Waals surface area contributed by atoms with Crippen LogP contribution in [-0.4, -0.2) is 24.4 Å². The van der Waals surface area contributed by atoms with Crippen LogP contribution >= 0.6 is 15.9 Å². The van der Waals surface area contributed by atoms with E-state index in [4.69, 9.17) is 4.74 Å². The monoisotopic (exact) mass is 301 g/mol. The van der Waals surface area contributed by atoms with Gasteiger partial charge in [0.15, 0.2) is 0 Å². The Labute approximate surface area is 111 Å². The smallest absolute Gasteiger partial charge is 0.142 e. The molecule has 96 valence electrons. The van der Waals surface area contributed by atoms with Gasteiger partial charge in [-0.15, -0.1) is 0 Å². The minimum absolute atomic E-state index is 0.188. The van der Waals surface area contributed by atoms with Crippen LogP contribution in [0.1, 0.15) is 20.8 Å². The lowest BCUT2D eigenvalue weighted by atomic mass is 9.92. The summed E-state index contributed by atoms with van der Waals surface area (Å²) >= 11 is 3.42. The second-order valence-corrected chi connectivity index (χ2v) is 5.63. The molecule has 1 unspecified atom stereocenters. The second-order valence-electron chi connectivity index (χ2n) is 4.71. The largest absolute Gasteiger partial charge is 0.495 e. The summed E-state index contributed by atoms with van der Waals surface area (Å²) in [6, 6.07) is 5.75. The molecule has 0 saturated carbocycles. The lowest BCUT2D eigenvalue weighted by Gasteiger charge is -2.28. The predicted molar refractivity (Wildman–Crippen MR) is 74.6 cm³/mol. The fourth-order valence-corrected chi connectivity index (χ4v) is 1.66. The number of hydrogen-bond acceptors (Lipinski definition) is 3. The van der Waals surface area contributed by atoms with E-state index in [1.165, 1.54) is 0 Å². The average Bonchev–Trinajstić information content (AvgIpc) is 2.26. The van der Waals surface area contributed by atoms with Crippen LogP contribution in [0, 0.1) is 5.92 Å². The molecular formula is C13H20BrNO2. The molecule has 2 N–H and O–H groups in total. The second kappa shape index (κ2) is 5.74. The summed E-state index contributed by atoms with van der Waals surface area (Å²) in [5.41, 5.74) is 0.135. The molecule has 1 aromatic carbocycles. The molecular weight excluding hydrogens is 282 g/mol. The first-order chi connectivity index (χ1) is 7.86. The Morgan fingerprint density at radius 2 is 2.12 bits per heavy atom. The maximum atomic E-state index is 10.2. The van der Waals surface area contributed by atoms with Crippen molar-refractivity contribution in [2.45, 2.75) is 26.4 Å². The summed E-state index contributed by atoms with van der Waals surface area (Å²) in [6.07, 6.45) is 0. The summed E-state index contributed by atoms with van der Waals surface area (Å²) in [5.74, 6) is 0.959. The number of nitrogens with one attached hydrogen (secondary N) is 1. The van der Waals surface area contributed by atoms with Crippen molar-refractivity contribution in [2.75, 3.05) is 19.0 Å². The van der Waals surface area contributed by atoms with Gasteiger partial charge in [-0.25, -0.2) is 0 Å². The zero-order chi connectivity index (χ0) is 13.1. The highest BCUT2D eigenvalue weighted by Crippen LogP contribution is 2.29. The quantitative estimate of drug-likeness (QED) is 0.877. The van der Waals surface area contributed by atoms with Gasteiger partial charge in [0.25, 0.3) is 0 Å².